The molecule has 1 unspecified atom stereocenters. The molecule has 0 spiro atoms. The van der Waals surface area contributed by atoms with Crippen molar-refractivity contribution in [2.24, 2.45) is 0 Å². The zero-order valence-electron chi connectivity index (χ0n) is 9.20. The molecule has 0 fully saturated rings. The van der Waals surface area contributed by atoms with E-state index in [-0.39, 0.29) is 6.10 Å². The summed E-state index contributed by atoms with van der Waals surface area (Å²) < 4.78 is 0. The number of aliphatic hydroxyl groups excluding tert-OH is 1. The Morgan fingerprint density at radius 3 is 2.93 bits per heavy atom. The number of hydrogen-bond donors (Lipinski definition) is 1. The topological polar surface area (TPSA) is 20.2 Å². The van der Waals surface area contributed by atoms with E-state index < -0.39 is 0 Å². The van der Waals surface area contributed by atoms with Crippen molar-refractivity contribution in [3.05, 3.63) is 29.3 Å². The monoisotopic (exact) mass is 222 g/mol. The Balaban J connectivity index is 1.98. The van der Waals surface area contributed by atoms with Crippen LogP contribution in [0.4, 0.5) is 0 Å². The van der Waals surface area contributed by atoms with Crippen molar-refractivity contribution in [2.75, 3.05) is 5.75 Å². The van der Waals surface area contributed by atoms with Crippen LogP contribution in [0.2, 0.25) is 0 Å². The van der Waals surface area contributed by atoms with Gasteiger partial charge in [0.1, 0.15) is 0 Å². The summed E-state index contributed by atoms with van der Waals surface area (Å²) in [6.07, 6.45) is 4.47. The predicted molar refractivity (Wildman–Crippen MR) is 65.5 cm³/mol. The van der Waals surface area contributed by atoms with Gasteiger partial charge in [0.25, 0.3) is 0 Å². The van der Waals surface area contributed by atoms with Gasteiger partial charge < -0.3 is 5.11 Å². The molecule has 0 bridgehead atoms. The van der Waals surface area contributed by atoms with Crippen molar-refractivity contribution >= 4 is 11.8 Å². The molecule has 1 aliphatic carbocycles. The van der Waals surface area contributed by atoms with E-state index in [0.717, 1.165) is 12.2 Å². The molecule has 0 heterocycles. The molecule has 2 heteroatoms. The molecule has 1 atom stereocenters. The maximum atomic E-state index is 9.49. The van der Waals surface area contributed by atoms with Crippen molar-refractivity contribution in [2.45, 2.75) is 43.6 Å². The molecule has 2 rings (SSSR count). The van der Waals surface area contributed by atoms with Gasteiger partial charge in [0.15, 0.2) is 0 Å². The Bertz CT molecular complexity index is 335. The van der Waals surface area contributed by atoms with Crippen molar-refractivity contribution in [1.29, 1.82) is 0 Å². The molecule has 15 heavy (non-hydrogen) atoms. The first kappa shape index (κ1) is 11.0. The van der Waals surface area contributed by atoms with Gasteiger partial charge in [-0.05, 0) is 48.9 Å². The van der Waals surface area contributed by atoms with Crippen LogP contribution in [0.3, 0.4) is 0 Å². The SMILES string of the molecule is CCC(O)CSc1ccc2c(c1)CCC2. The Morgan fingerprint density at radius 1 is 1.33 bits per heavy atom. The zero-order valence-corrected chi connectivity index (χ0v) is 10.0. The molecular weight excluding hydrogens is 204 g/mol. The molecule has 0 saturated carbocycles. The van der Waals surface area contributed by atoms with E-state index in [1.807, 2.05) is 6.92 Å². The lowest BCUT2D eigenvalue weighted by molar-refractivity contribution is 0.195. The van der Waals surface area contributed by atoms with E-state index in [4.69, 9.17) is 0 Å². The Morgan fingerprint density at radius 2 is 2.13 bits per heavy atom. The van der Waals surface area contributed by atoms with Crippen LogP contribution in [0.15, 0.2) is 23.1 Å². The highest BCUT2D eigenvalue weighted by Gasteiger charge is 2.11. The van der Waals surface area contributed by atoms with Gasteiger partial charge in [-0.25, -0.2) is 0 Å². The van der Waals surface area contributed by atoms with Gasteiger partial charge in [-0.2, -0.15) is 0 Å². The molecule has 0 aromatic heterocycles. The summed E-state index contributed by atoms with van der Waals surface area (Å²) in [5, 5.41) is 9.49. The lowest BCUT2D eigenvalue weighted by Gasteiger charge is -2.08. The third kappa shape index (κ3) is 2.76. The van der Waals surface area contributed by atoms with Gasteiger partial charge in [0, 0.05) is 10.6 Å². The fraction of sp³-hybridized carbons (Fsp3) is 0.538. The first-order chi connectivity index (χ1) is 7.29. The van der Waals surface area contributed by atoms with Crippen LogP contribution in [-0.2, 0) is 12.8 Å². The minimum atomic E-state index is -0.164. The summed E-state index contributed by atoms with van der Waals surface area (Å²) in [5.41, 5.74) is 3.04. The molecule has 1 aromatic rings. The van der Waals surface area contributed by atoms with Crippen LogP contribution in [0, 0.1) is 0 Å². The largest absolute Gasteiger partial charge is 0.392 e. The molecule has 1 nitrogen and oxygen atoms in total. The summed E-state index contributed by atoms with van der Waals surface area (Å²) in [6.45, 7) is 2.02. The third-order valence-corrected chi connectivity index (χ3v) is 4.12. The fourth-order valence-corrected chi connectivity index (χ4v) is 2.96. The van der Waals surface area contributed by atoms with Crippen molar-refractivity contribution in [3.63, 3.8) is 0 Å². The predicted octanol–water partition coefficient (Wildman–Crippen LogP) is 3.04. The average Bonchev–Trinajstić information content (AvgIpc) is 2.72. The van der Waals surface area contributed by atoms with Crippen LogP contribution in [0.5, 0.6) is 0 Å². The number of thioether (sulfide) groups is 1. The molecule has 82 valence electrons. The van der Waals surface area contributed by atoms with Crippen LogP contribution in [-0.4, -0.2) is 17.0 Å². The van der Waals surface area contributed by atoms with E-state index >= 15 is 0 Å². The highest BCUT2D eigenvalue weighted by Crippen LogP contribution is 2.27. The van der Waals surface area contributed by atoms with Crippen LogP contribution in [0.25, 0.3) is 0 Å². The lowest BCUT2D eigenvalue weighted by Crippen LogP contribution is -2.07. The quantitative estimate of drug-likeness (QED) is 0.790. The summed E-state index contributed by atoms with van der Waals surface area (Å²) >= 11 is 1.77. The number of aliphatic hydroxyl groups is 1. The third-order valence-electron chi connectivity index (χ3n) is 2.98. The van der Waals surface area contributed by atoms with Crippen LogP contribution < -0.4 is 0 Å². The van der Waals surface area contributed by atoms with Gasteiger partial charge in [0.2, 0.25) is 0 Å². The number of fused-ring (bicyclic) bond motifs is 1. The standard InChI is InChI=1S/C13H18OS/c1-2-12(14)9-15-13-7-6-10-4-3-5-11(10)8-13/h6-8,12,14H,2-5,9H2,1H3. The Kier molecular flexibility index (Phi) is 3.71. The molecule has 1 aromatic carbocycles. The van der Waals surface area contributed by atoms with E-state index in [2.05, 4.69) is 18.2 Å². The van der Waals surface area contributed by atoms with Gasteiger partial charge in [-0.15, -0.1) is 11.8 Å². The molecule has 1 N–H and O–H groups in total. The normalized spacial score (nSPS) is 16.4. The second kappa shape index (κ2) is 5.04. The highest BCUT2D eigenvalue weighted by atomic mass is 32.2. The summed E-state index contributed by atoms with van der Waals surface area (Å²) in [4.78, 5) is 1.31. The molecule has 0 saturated heterocycles. The first-order valence-electron chi connectivity index (χ1n) is 5.72. The lowest BCUT2D eigenvalue weighted by atomic mass is 10.1. The van der Waals surface area contributed by atoms with Crippen LogP contribution >= 0.6 is 11.8 Å². The fourth-order valence-electron chi connectivity index (χ4n) is 1.95. The minimum absolute atomic E-state index is 0.164. The molecular formula is C13H18OS. The summed E-state index contributed by atoms with van der Waals surface area (Å²) in [5.74, 6) is 0.815. The molecule has 1 aliphatic rings. The Hall–Kier alpha value is -0.470. The number of rotatable bonds is 4. The van der Waals surface area contributed by atoms with Gasteiger partial charge in [-0.1, -0.05) is 13.0 Å². The van der Waals surface area contributed by atoms with Gasteiger partial charge in [-0.3, -0.25) is 0 Å². The second-order valence-electron chi connectivity index (χ2n) is 4.16. The van der Waals surface area contributed by atoms with Gasteiger partial charge in [0.05, 0.1) is 6.10 Å². The minimum Gasteiger partial charge on any atom is -0.392 e. The Labute approximate surface area is 95.9 Å². The maximum absolute atomic E-state index is 9.49. The number of aryl methyl sites for hydroxylation is 2. The highest BCUT2D eigenvalue weighted by molar-refractivity contribution is 7.99. The average molecular weight is 222 g/mol. The van der Waals surface area contributed by atoms with Crippen molar-refractivity contribution < 1.29 is 5.11 Å². The number of benzene rings is 1. The zero-order chi connectivity index (χ0) is 10.7. The molecule has 0 amide bonds. The first-order valence-corrected chi connectivity index (χ1v) is 6.71. The summed E-state index contributed by atoms with van der Waals surface area (Å²) in [7, 11) is 0. The van der Waals surface area contributed by atoms with E-state index in [1.54, 1.807) is 11.8 Å². The van der Waals surface area contributed by atoms with E-state index in [9.17, 15) is 5.11 Å². The van der Waals surface area contributed by atoms with E-state index in [0.29, 0.717) is 0 Å². The maximum Gasteiger partial charge on any atom is 0.0631 e. The summed E-state index contributed by atoms with van der Waals surface area (Å²) in [6, 6.07) is 6.75. The van der Waals surface area contributed by atoms with Crippen molar-refractivity contribution in [1.82, 2.24) is 0 Å². The second-order valence-corrected chi connectivity index (χ2v) is 5.25. The smallest absolute Gasteiger partial charge is 0.0631 e. The van der Waals surface area contributed by atoms with E-state index in [1.165, 1.54) is 35.3 Å². The molecule has 0 radical (unpaired) electrons. The number of hydrogen-bond acceptors (Lipinski definition) is 2. The van der Waals surface area contributed by atoms with Crippen molar-refractivity contribution in [3.8, 4) is 0 Å². The van der Waals surface area contributed by atoms with Crippen LogP contribution in [0.1, 0.15) is 30.9 Å². The van der Waals surface area contributed by atoms with Gasteiger partial charge >= 0.3 is 0 Å². The molecule has 0 aliphatic heterocycles.